The highest BCUT2D eigenvalue weighted by Crippen LogP contribution is 2.37. The second-order valence-corrected chi connectivity index (χ2v) is 7.00. The third kappa shape index (κ3) is 3.21. The normalized spacial score (nSPS) is 50.2. The van der Waals surface area contributed by atoms with E-state index >= 15 is 0 Å². The SMILES string of the molecule is OCC1OC2CC3O[C@H]4CCCCOC4CC3OC2C=CC1O. The van der Waals surface area contributed by atoms with E-state index < -0.39 is 12.2 Å². The minimum Gasteiger partial charge on any atom is -0.394 e. The first-order valence-electron chi connectivity index (χ1n) is 8.80. The fraction of sp³-hybridized carbons (Fsp3) is 0.882. The number of aliphatic hydroxyl groups excluding tert-OH is 2. The smallest absolute Gasteiger partial charge is 0.110 e. The molecule has 0 radical (unpaired) electrons. The average molecular weight is 326 g/mol. The molecule has 4 heterocycles. The molecule has 0 aromatic rings. The van der Waals surface area contributed by atoms with E-state index in [1.165, 1.54) is 0 Å². The van der Waals surface area contributed by atoms with Crippen LogP contribution in [0.25, 0.3) is 0 Å². The van der Waals surface area contributed by atoms with Crippen molar-refractivity contribution in [3.05, 3.63) is 12.2 Å². The van der Waals surface area contributed by atoms with E-state index in [1.54, 1.807) is 6.08 Å². The molecule has 0 amide bonds. The highest BCUT2D eigenvalue weighted by molar-refractivity contribution is 5.07. The molecule has 0 saturated carbocycles. The number of hydrogen-bond acceptors (Lipinski definition) is 6. The molecule has 4 rings (SSSR count). The van der Waals surface area contributed by atoms with E-state index in [2.05, 4.69) is 0 Å². The molecule has 6 heteroatoms. The standard InChI is InChI=1S/C17H26O6/c18-9-17-10(19)4-5-12-14(23-17)8-16-15(22-12)7-13-11(21-16)3-1-2-6-20-13/h4-5,10-19H,1-3,6-9H2/t10?,11-,12?,13?,14?,15?,16?,17?/m0/s1. The summed E-state index contributed by atoms with van der Waals surface area (Å²) < 4.78 is 24.3. The van der Waals surface area contributed by atoms with Gasteiger partial charge in [-0.3, -0.25) is 0 Å². The molecular weight excluding hydrogens is 300 g/mol. The summed E-state index contributed by atoms with van der Waals surface area (Å²) in [6.45, 7) is 0.601. The van der Waals surface area contributed by atoms with Crippen LogP contribution >= 0.6 is 0 Å². The molecule has 3 fully saturated rings. The molecule has 0 aromatic heterocycles. The maximum Gasteiger partial charge on any atom is 0.110 e. The zero-order valence-electron chi connectivity index (χ0n) is 13.3. The molecule has 3 saturated heterocycles. The molecule has 4 aliphatic heterocycles. The number of hydrogen-bond donors (Lipinski definition) is 2. The molecule has 6 nitrogen and oxygen atoms in total. The highest BCUT2D eigenvalue weighted by atomic mass is 16.6. The lowest BCUT2D eigenvalue weighted by Crippen LogP contribution is -2.56. The Labute approximate surface area is 136 Å². The Morgan fingerprint density at radius 1 is 0.870 bits per heavy atom. The van der Waals surface area contributed by atoms with E-state index in [4.69, 9.17) is 18.9 Å². The summed E-state index contributed by atoms with van der Waals surface area (Å²) in [7, 11) is 0. The molecule has 0 aliphatic carbocycles. The van der Waals surface area contributed by atoms with Crippen molar-refractivity contribution in [2.75, 3.05) is 13.2 Å². The predicted molar refractivity (Wildman–Crippen MR) is 81.0 cm³/mol. The fourth-order valence-corrected chi connectivity index (χ4v) is 4.15. The van der Waals surface area contributed by atoms with Gasteiger partial charge in [-0.25, -0.2) is 0 Å². The first kappa shape index (κ1) is 16.0. The monoisotopic (exact) mass is 326 g/mol. The van der Waals surface area contributed by atoms with E-state index in [1.807, 2.05) is 6.08 Å². The molecule has 2 N–H and O–H groups in total. The number of aliphatic hydroxyl groups is 2. The van der Waals surface area contributed by atoms with E-state index in [-0.39, 0.29) is 43.2 Å². The van der Waals surface area contributed by atoms with Crippen molar-refractivity contribution in [2.45, 2.75) is 80.9 Å². The van der Waals surface area contributed by atoms with Crippen molar-refractivity contribution >= 4 is 0 Å². The summed E-state index contributed by atoms with van der Waals surface area (Å²) in [5.74, 6) is 0. The first-order chi connectivity index (χ1) is 11.2. The molecule has 0 bridgehead atoms. The van der Waals surface area contributed by atoms with Crippen LogP contribution in [0.3, 0.4) is 0 Å². The second kappa shape index (κ2) is 6.78. The summed E-state index contributed by atoms with van der Waals surface area (Å²) in [5, 5.41) is 19.4. The molecule has 0 aromatic carbocycles. The van der Waals surface area contributed by atoms with Crippen molar-refractivity contribution in [1.82, 2.24) is 0 Å². The van der Waals surface area contributed by atoms with Crippen molar-refractivity contribution in [3.63, 3.8) is 0 Å². The highest BCUT2D eigenvalue weighted by Gasteiger charge is 2.47. The zero-order chi connectivity index (χ0) is 15.8. The number of fused-ring (bicyclic) bond motifs is 3. The quantitative estimate of drug-likeness (QED) is 0.685. The van der Waals surface area contributed by atoms with Gasteiger partial charge in [-0.15, -0.1) is 0 Å². The van der Waals surface area contributed by atoms with Crippen molar-refractivity contribution in [3.8, 4) is 0 Å². The van der Waals surface area contributed by atoms with Gasteiger partial charge in [-0.05, 0) is 19.3 Å². The van der Waals surface area contributed by atoms with Crippen LogP contribution in [0.5, 0.6) is 0 Å². The molecule has 7 unspecified atom stereocenters. The van der Waals surface area contributed by atoms with Gasteiger partial charge in [0.15, 0.2) is 0 Å². The predicted octanol–water partition coefficient (Wildman–Crippen LogP) is 0.547. The van der Waals surface area contributed by atoms with E-state index in [0.29, 0.717) is 0 Å². The zero-order valence-corrected chi connectivity index (χ0v) is 13.3. The van der Waals surface area contributed by atoms with Crippen LogP contribution in [0.2, 0.25) is 0 Å². The van der Waals surface area contributed by atoms with Gasteiger partial charge in [0.1, 0.15) is 18.3 Å². The van der Waals surface area contributed by atoms with Crippen LogP contribution in [0.4, 0.5) is 0 Å². The Morgan fingerprint density at radius 3 is 2.57 bits per heavy atom. The molecule has 130 valence electrons. The fourth-order valence-electron chi connectivity index (χ4n) is 4.15. The van der Waals surface area contributed by atoms with Crippen LogP contribution in [0.1, 0.15) is 32.1 Å². The maximum atomic E-state index is 9.98. The number of ether oxygens (including phenoxy) is 4. The van der Waals surface area contributed by atoms with Gasteiger partial charge in [0, 0.05) is 19.4 Å². The molecular formula is C17H26O6. The van der Waals surface area contributed by atoms with E-state index in [9.17, 15) is 10.2 Å². The Hall–Kier alpha value is -0.500. The summed E-state index contributed by atoms with van der Waals surface area (Å²) >= 11 is 0. The van der Waals surface area contributed by atoms with E-state index in [0.717, 1.165) is 38.7 Å². The minimum absolute atomic E-state index is 0.00202. The van der Waals surface area contributed by atoms with Crippen LogP contribution < -0.4 is 0 Å². The van der Waals surface area contributed by atoms with Gasteiger partial charge in [-0.2, -0.15) is 0 Å². The van der Waals surface area contributed by atoms with Crippen LogP contribution in [0.15, 0.2) is 12.2 Å². The third-order valence-corrected chi connectivity index (χ3v) is 5.43. The van der Waals surface area contributed by atoms with Gasteiger partial charge in [0.25, 0.3) is 0 Å². The van der Waals surface area contributed by atoms with Crippen LogP contribution in [-0.4, -0.2) is 72.3 Å². The summed E-state index contributed by atoms with van der Waals surface area (Å²) in [6.07, 6.45) is 6.90. The Morgan fingerprint density at radius 2 is 1.70 bits per heavy atom. The Bertz CT molecular complexity index is 441. The van der Waals surface area contributed by atoms with Gasteiger partial charge in [0.05, 0.1) is 37.1 Å². The van der Waals surface area contributed by atoms with Gasteiger partial charge in [0.2, 0.25) is 0 Å². The Kier molecular flexibility index (Phi) is 4.72. The number of rotatable bonds is 1. The van der Waals surface area contributed by atoms with Gasteiger partial charge in [-0.1, -0.05) is 12.2 Å². The lowest BCUT2D eigenvalue weighted by molar-refractivity contribution is -0.252. The van der Waals surface area contributed by atoms with Crippen molar-refractivity contribution in [2.24, 2.45) is 0 Å². The summed E-state index contributed by atoms with van der Waals surface area (Å²) in [5.41, 5.74) is 0. The lowest BCUT2D eigenvalue weighted by Gasteiger charge is -2.47. The van der Waals surface area contributed by atoms with Gasteiger partial charge < -0.3 is 29.2 Å². The Balaban J connectivity index is 1.47. The molecule has 0 spiro atoms. The largest absolute Gasteiger partial charge is 0.394 e. The minimum atomic E-state index is -0.799. The molecule has 4 aliphatic rings. The van der Waals surface area contributed by atoms with Crippen LogP contribution in [0, 0.1) is 0 Å². The lowest BCUT2D eigenvalue weighted by atomic mass is 9.89. The van der Waals surface area contributed by atoms with Crippen molar-refractivity contribution < 1.29 is 29.2 Å². The maximum absolute atomic E-state index is 9.98. The summed E-state index contributed by atoms with van der Waals surface area (Å²) in [4.78, 5) is 0. The first-order valence-corrected chi connectivity index (χ1v) is 8.80. The van der Waals surface area contributed by atoms with Gasteiger partial charge >= 0.3 is 0 Å². The molecule has 23 heavy (non-hydrogen) atoms. The summed E-state index contributed by atoms with van der Waals surface area (Å²) in [6, 6.07) is 0. The third-order valence-electron chi connectivity index (χ3n) is 5.43. The topological polar surface area (TPSA) is 77.4 Å². The molecule has 8 atom stereocenters. The average Bonchev–Trinajstić information content (AvgIpc) is 2.87. The van der Waals surface area contributed by atoms with Crippen LogP contribution in [-0.2, 0) is 18.9 Å². The van der Waals surface area contributed by atoms with Crippen molar-refractivity contribution in [1.29, 1.82) is 0 Å². The second-order valence-electron chi connectivity index (χ2n) is 7.00.